The van der Waals surface area contributed by atoms with Crippen LogP contribution in [0.2, 0.25) is 5.02 Å². The summed E-state index contributed by atoms with van der Waals surface area (Å²) in [5.41, 5.74) is 1.12. The van der Waals surface area contributed by atoms with Crippen LogP contribution < -0.4 is 14.5 Å². The Bertz CT molecular complexity index is 1010. The Balaban J connectivity index is 1.79. The third-order valence-electron chi connectivity index (χ3n) is 5.10. The average Bonchev–Trinajstić information content (AvgIpc) is 2.74. The number of piperidine rings is 1. The number of hydrogen-bond acceptors (Lipinski definition) is 7. The first kappa shape index (κ1) is 19.7. The largest absolute Gasteiger partial charge is 0.497 e. The van der Waals surface area contributed by atoms with Gasteiger partial charge in [-0.25, -0.2) is 15.0 Å². The van der Waals surface area contributed by atoms with Gasteiger partial charge in [0.25, 0.3) is 0 Å². The van der Waals surface area contributed by atoms with Gasteiger partial charge in [-0.05, 0) is 38.1 Å². The zero-order valence-electron chi connectivity index (χ0n) is 16.4. The van der Waals surface area contributed by atoms with Crippen molar-refractivity contribution in [1.29, 1.82) is 0 Å². The number of halogens is 1. The first-order valence-corrected chi connectivity index (χ1v) is 9.85. The van der Waals surface area contributed by atoms with Crippen LogP contribution in [-0.2, 0) is 0 Å². The molecule has 2 aromatic carbocycles. The SMILES string of the molecule is COc1cc(OC2CCN(C)CC2)c2c(N(O)c3cccc(Cl)c3)ncnc2c1. The highest BCUT2D eigenvalue weighted by Crippen LogP contribution is 2.38. The monoisotopic (exact) mass is 414 g/mol. The van der Waals surface area contributed by atoms with Crippen LogP contribution in [0.1, 0.15) is 12.8 Å². The summed E-state index contributed by atoms with van der Waals surface area (Å²) >= 11 is 6.09. The van der Waals surface area contributed by atoms with E-state index in [1.807, 2.05) is 6.07 Å². The Hall–Kier alpha value is -2.61. The summed E-state index contributed by atoms with van der Waals surface area (Å²) in [6.45, 7) is 1.95. The Kier molecular flexibility index (Phi) is 5.71. The number of hydrogen-bond donors (Lipinski definition) is 1. The zero-order chi connectivity index (χ0) is 20.4. The van der Waals surface area contributed by atoms with Gasteiger partial charge in [0, 0.05) is 30.2 Å². The minimum atomic E-state index is 0.0767. The highest BCUT2D eigenvalue weighted by Gasteiger charge is 2.23. The van der Waals surface area contributed by atoms with Crippen molar-refractivity contribution in [3.8, 4) is 11.5 Å². The van der Waals surface area contributed by atoms with Crippen molar-refractivity contribution in [2.75, 3.05) is 32.3 Å². The number of fused-ring (bicyclic) bond motifs is 1. The number of likely N-dealkylation sites (tertiary alicyclic amines) is 1. The number of benzene rings is 2. The molecule has 1 N–H and O–H groups in total. The zero-order valence-corrected chi connectivity index (χ0v) is 17.1. The highest BCUT2D eigenvalue weighted by atomic mass is 35.5. The number of aromatic nitrogens is 2. The molecule has 0 aliphatic carbocycles. The van der Waals surface area contributed by atoms with Crippen molar-refractivity contribution in [3.63, 3.8) is 0 Å². The summed E-state index contributed by atoms with van der Waals surface area (Å²) in [6.07, 6.45) is 3.34. The summed E-state index contributed by atoms with van der Waals surface area (Å²) in [5, 5.41) is 13.0. The quantitative estimate of drug-likeness (QED) is 0.624. The molecule has 0 unspecified atom stereocenters. The highest BCUT2D eigenvalue weighted by molar-refractivity contribution is 6.30. The van der Waals surface area contributed by atoms with Crippen LogP contribution in [0.25, 0.3) is 10.9 Å². The molecule has 0 bridgehead atoms. The topological polar surface area (TPSA) is 71.0 Å². The van der Waals surface area contributed by atoms with Gasteiger partial charge in [-0.3, -0.25) is 5.21 Å². The fourth-order valence-corrected chi connectivity index (χ4v) is 3.68. The second kappa shape index (κ2) is 8.41. The molecule has 1 saturated heterocycles. The summed E-state index contributed by atoms with van der Waals surface area (Å²) < 4.78 is 11.8. The molecular formula is C21H23ClN4O3. The second-order valence-corrected chi connectivity index (χ2v) is 7.57. The molecule has 1 fully saturated rings. The lowest BCUT2D eigenvalue weighted by atomic mass is 10.1. The third-order valence-corrected chi connectivity index (χ3v) is 5.34. The van der Waals surface area contributed by atoms with E-state index in [0.717, 1.165) is 31.0 Å². The molecule has 1 aliphatic rings. The molecule has 0 atom stereocenters. The molecule has 0 radical (unpaired) electrons. The Morgan fingerprint density at radius 1 is 1.17 bits per heavy atom. The van der Waals surface area contributed by atoms with E-state index in [1.165, 1.54) is 6.33 Å². The van der Waals surface area contributed by atoms with Gasteiger partial charge in [0.15, 0.2) is 5.82 Å². The first-order valence-electron chi connectivity index (χ1n) is 9.47. The van der Waals surface area contributed by atoms with Gasteiger partial charge in [0.2, 0.25) is 0 Å². The van der Waals surface area contributed by atoms with Gasteiger partial charge >= 0.3 is 0 Å². The van der Waals surface area contributed by atoms with Crippen LogP contribution in [0.5, 0.6) is 11.5 Å². The maximum absolute atomic E-state index is 10.9. The molecule has 3 aromatic rings. The van der Waals surface area contributed by atoms with Crippen molar-refractivity contribution >= 4 is 34.0 Å². The number of rotatable bonds is 5. The van der Waals surface area contributed by atoms with E-state index in [-0.39, 0.29) is 6.10 Å². The summed E-state index contributed by atoms with van der Waals surface area (Å²) in [5.74, 6) is 1.55. The van der Waals surface area contributed by atoms with Crippen LogP contribution in [0.4, 0.5) is 11.5 Å². The van der Waals surface area contributed by atoms with Crippen LogP contribution in [0, 0.1) is 0 Å². The molecule has 0 amide bonds. The molecule has 0 spiro atoms. The predicted molar refractivity (Wildman–Crippen MR) is 113 cm³/mol. The van der Waals surface area contributed by atoms with Crippen LogP contribution >= 0.6 is 11.6 Å². The molecule has 0 saturated carbocycles. The number of ether oxygens (including phenoxy) is 2. The molecule has 4 rings (SSSR count). The van der Waals surface area contributed by atoms with Crippen molar-refractivity contribution in [2.45, 2.75) is 18.9 Å². The van der Waals surface area contributed by atoms with E-state index in [0.29, 0.717) is 38.9 Å². The predicted octanol–water partition coefficient (Wildman–Crippen LogP) is 4.29. The lowest BCUT2D eigenvalue weighted by Gasteiger charge is -2.30. The van der Waals surface area contributed by atoms with Crippen molar-refractivity contribution < 1.29 is 14.7 Å². The van der Waals surface area contributed by atoms with Gasteiger partial charge in [-0.15, -0.1) is 0 Å². The Morgan fingerprint density at radius 2 is 1.97 bits per heavy atom. The fourth-order valence-electron chi connectivity index (χ4n) is 3.50. The van der Waals surface area contributed by atoms with Gasteiger partial charge in [-0.2, -0.15) is 0 Å². The molecule has 7 nitrogen and oxygen atoms in total. The van der Waals surface area contributed by atoms with Crippen molar-refractivity contribution in [2.24, 2.45) is 0 Å². The van der Waals surface area contributed by atoms with Gasteiger partial charge in [0.05, 0.1) is 23.7 Å². The lowest BCUT2D eigenvalue weighted by Crippen LogP contribution is -2.35. The normalized spacial score (nSPS) is 15.4. The second-order valence-electron chi connectivity index (χ2n) is 7.13. The van der Waals surface area contributed by atoms with E-state index < -0.39 is 0 Å². The van der Waals surface area contributed by atoms with Crippen molar-refractivity contribution in [3.05, 3.63) is 47.7 Å². The van der Waals surface area contributed by atoms with Crippen LogP contribution in [-0.4, -0.2) is 53.4 Å². The number of methoxy groups -OCH3 is 1. The molecular weight excluding hydrogens is 392 g/mol. The van der Waals surface area contributed by atoms with E-state index in [9.17, 15) is 5.21 Å². The maximum atomic E-state index is 10.9. The van der Waals surface area contributed by atoms with E-state index in [1.54, 1.807) is 37.4 Å². The summed E-state index contributed by atoms with van der Waals surface area (Å²) in [7, 11) is 3.71. The molecule has 1 aromatic heterocycles. The van der Waals surface area contributed by atoms with E-state index >= 15 is 0 Å². The van der Waals surface area contributed by atoms with Crippen LogP contribution in [0.3, 0.4) is 0 Å². The standard InChI is InChI=1S/C21H23ClN4O3/c1-25-8-6-16(7-9-25)29-19-12-17(28-2)11-18-20(19)21(24-13-23-18)26(27)15-5-3-4-14(22)10-15/h3-5,10-13,16,27H,6-9H2,1-2H3. The molecule has 152 valence electrons. The minimum absolute atomic E-state index is 0.0767. The minimum Gasteiger partial charge on any atom is -0.497 e. The fraction of sp³-hybridized carbons (Fsp3) is 0.333. The van der Waals surface area contributed by atoms with E-state index in [4.69, 9.17) is 21.1 Å². The summed E-state index contributed by atoms with van der Waals surface area (Å²) in [6, 6.07) is 10.5. The average molecular weight is 415 g/mol. The van der Waals surface area contributed by atoms with Crippen molar-refractivity contribution in [1.82, 2.24) is 14.9 Å². The van der Waals surface area contributed by atoms with Crippen LogP contribution in [0.15, 0.2) is 42.7 Å². The Morgan fingerprint density at radius 3 is 2.69 bits per heavy atom. The van der Waals surface area contributed by atoms with Gasteiger partial charge in [0.1, 0.15) is 23.9 Å². The number of anilines is 2. The van der Waals surface area contributed by atoms with E-state index in [2.05, 4.69) is 21.9 Å². The molecule has 29 heavy (non-hydrogen) atoms. The maximum Gasteiger partial charge on any atom is 0.172 e. The van der Waals surface area contributed by atoms with Gasteiger partial charge in [-0.1, -0.05) is 17.7 Å². The van der Waals surface area contributed by atoms with Gasteiger partial charge < -0.3 is 14.4 Å². The Labute approximate surface area is 174 Å². The lowest BCUT2D eigenvalue weighted by molar-refractivity contribution is 0.115. The molecule has 1 aliphatic heterocycles. The molecule has 2 heterocycles. The number of nitrogens with zero attached hydrogens (tertiary/aromatic N) is 4. The third kappa shape index (κ3) is 4.22. The smallest absolute Gasteiger partial charge is 0.172 e. The molecule has 8 heteroatoms. The summed E-state index contributed by atoms with van der Waals surface area (Å²) in [4.78, 5) is 11.0. The first-order chi connectivity index (χ1) is 14.0.